The quantitative estimate of drug-likeness (QED) is 0.647. The third-order valence-electron chi connectivity index (χ3n) is 0.809. The Hall–Kier alpha value is -0.900. The molecule has 1 rings (SSSR count). The molecule has 0 saturated carbocycles. The topological polar surface area (TPSA) is 22.1 Å². The lowest BCUT2D eigenvalue weighted by Crippen LogP contribution is -2.15. The van der Waals surface area contributed by atoms with Crippen LogP contribution in [0.25, 0.3) is 0 Å². The molecule has 1 aromatic heterocycles. The molecular weight excluding hydrogens is 176 g/mol. The minimum absolute atomic E-state index is 0.187. The average molecular weight is 179 g/mol. The molecule has 59 valence electrons. The van der Waals surface area contributed by atoms with E-state index in [4.69, 9.17) is 0 Å². The minimum Gasteiger partial charge on any atom is -0.418 e. The van der Waals surface area contributed by atoms with Crippen molar-refractivity contribution in [3.8, 4) is 5.75 Å². The van der Waals surface area contributed by atoms with Crippen molar-refractivity contribution in [3.63, 3.8) is 0 Å². The summed E-state index contributed by atoms with van der Waals surface area (Å²) in [5.41, 5.74) is -3.69. The monoisotopic (exact) mass is 178 g/mol. The molecule has 0 unspecified atom stereocenters. The van der Waals surface area contributed by atoms with Gasteiger partial charge in [0, 0.05) is 17.8 Å². The van der Waals surface area contributed by atoms with Crippen LogP contribution in [0, 0.1) is 6.20 Å². The number of ether oxygens (including phenoxy) is 1. The van der Waals surface area contributed by atoms with Gasteiger partial charge in [-0.2, -0.15) is 0 Å². The summed E-state index contributed by atoms with van der Waals surface area (Å²) in [6.07, 6.45) is 3.58. The lowest BCUT2D eigenvalue weighted by atomic mass is 10.5. The van der Waals surface area contributed by atoms with Crippen LogP contribution in [0.4, 0.5) is 8.78 Å². The van der Waals surface area contributed by atoms with Gasteiger partial charge in [-0.25, -0.2) is 0 Å². The Kier molecular flexibility index (Phi) is 2.24. The number of aromatic nitrogens is 1. The standard InChI is InChI=1S/C6H3ClF2NO/c7-6(8,9)11-5-2-1-3-10-4-5/h1-3H. The van der Waals surface area contributed by atoms with Crippen LogP contribution in [-0.2, 0) is 0 Å². The molecule has 1 radical (unpaired) electrons. The zero-order valence-electron chi connectivity index (χ0n) is 5.22. The zero-order chi connectivity index (χ0) is 8.32. The van der Waals surface area contributed by atoms with Gasteiger partial charge in [-0.05, 0) is 12.1 Å². The third kappa shape index (κ3) is 3.13. The van der Waals surface area contributed by atoms with E-state index in [2.05, 4.69) is 27.5 Å². The second-order valence-corrected chi connectivity index (χ2v) is 2.10. The molecule has 0 amide bonds. The van der Waals surface area contributed by atoms with Crippen LogP contribution in [0.5, 0.6) is 5.75 Å². The number of hydrogen-bond donors (Lipinski definition) is 0. The van der Waals surface area contributed by atoms with Crippen LogP contribution in [0.15, 0.2) is 18.3 Å². The number of alkyl halides is 3. The summed E-state index contributed by atoms with van der Waals surface area (Å²) >= 11 is 4.46. The lowest BCUT2D eigenvalue weighted by molar-refractivity contribution is -0.0968. The SMILES string of the molecule is FC(F)(Cl)Oc1[c]nccc1. The number of rotatable bonds is 2. The highest BCUT2D eigenvalue weighted by Crippen LogP contribution is 2.23. The van der Waals surface area contributed by atoms with Crippen LogP contribution in [0.1, 0.15) is 0 Å². The molecule has 0 aliphatic heterocycles. The second-order valence-electron chi connectivity index (χ2n) is 1.66. The Morgan fingerprint density at radius 1 is 1.64 bits per heavy atom. The van der Waals surface area contributed by atoms with Gasteiger partial charge in [0.25, 0.3) is 0 Å². The first-order valence-electron chi connectivity index (χ1n) is 2.66. The molecule has 0 atom stereocenters. The van der Waals surface area contributed by atoms with Gasteiger partial charge in [0.1, 0.15) is 6.20 Å². The van der Waals surface area contributed by atoms with Crippen molar-refractivity contribution in [3.05, 3.63) is 24.5 Å². The first kappa shape index (κ1) is 8.20. The van der Waals surface area contributed by atoms with E-state index >= 15 is 0 Å². The minimum atomic E-state index is -3.69. The van der Waals surface area contributed by atoms with Crippen LogP contribution >= 0.6 is 11.6 Å². The van der Waals surface area contributed by atoms with E-state index in [0.29, 0.717) is 0 Å². The van der Waals surface area contributed by atoms with Crippen LogP contribution in [0.2, 0.25) is 0 Å². The Bertz CT molecular complexity index is 224. The van der Waals surface area contributed by atoms with Crippen LogP contribution < -0.4 is 4.74 Å². The third-order valence-corrected chi connectivity index (χ3v) is 0.886. The Morgan fingerprint density at radius 3 is 2.82 bits per heavy atom. The van der Waals surface area contributed by atoms with Crippen molar-refractivity contribution in [2.75, 3.05) is 0 Å². The molecule has 1 heterocycles. The molecule has 0 N–H and O–H groups in total. The molecule has 0 aliphatic rings. The highest BCUT2D eigenvalue weighted by molar-refractivity contribution is 6.20. The van der Waals surface area contributed by atoms with Crippen molar-refractivity contribution in [2.45, 2.75) is 5.57 Å². The van der Waals surface area contributed by atoms with Crippen molar-refractivity contribution >= 4 is 11.6 Å². The molecule has 0 aromatic carbocycles. The summed E-state index contributed by atoms with van der Waals surface area (Å²) in [4.78, 5) is 3.43. The van der Waals surface area contributed by atoms with Gasteiger partial charge in [0.15, 0.2) is 5.75 Å². The summed E-state index contributed by atoms with van der Waals surface area (Å²) in [5, 5.41) is 0. The van der Waals surface area contributed by atoms with E-state index in [1.54, 1.807) is 0 Å². The van der Waals surface area contributed by atoms with Gasteiger partial charge in [-0.3, -0.25) is 4.98 Å². The van der Waals surface area contributed by atoms with Gasteiger partial charge in [0.05, 0.1) is 0 Å². The smallest absolute Gasteiger partial charge is 0.418 e. The molecule has 0 saturated heterocycles. The molecule has 0 bridgehead atoms. The molecule has 5 heteroatoms. The maximum Gasteiger partial charge on any atom is 0.487 e. The summed E-state index contributed by atoms with van der Waals surface area (Å²) in [7, 11) is 0. The van der Waals surface area contributed by atoms with Crippen molar-refractivity contribution in [1.82, 2.24) is 4.98 Å². The number of nitrogens with zero attached hydrogens (tertiary/aromatic N) is 1. The highest BCUT2D eigenvalue weighted by Gasteiger charge is 2.27. The lowest BCUT2D eigenvalue weighted by Gasteiger charge is -2.08. The highest BCUT2D eigenvalue weighted by atomic mass is 35.5. The molecule has 0 spiro atoms. The molecule has 2 nitrogen and oxygen atoms in total. The molecule has 0 aliphatic carbocycles. The maximum absolute atomic E-state index is 11.9. The Labute approximate surface area is 66.8 Å². The van der Waals surface area contributed by atoms with Crippen LogP contribution in [-0.4, -0.2) is 10.6 Å². The van der Waals surface area contributed by atoms with Crippen molar-refractivity contribution < 1.29 is 13.5 Å². The predicted molar refractivity (Wildman–Crippen MR) is 34.5 cm³/mol. The average Bonchev–Trinajstić information content (AvgIpc) is 1.85. The normalized spacial score (nSPS) is 11.2. The first-order chi connectivity index (χ1) is 5.08. The van der Waals surface area contributed by atoms with Crippen molar-refractivity contribution in [2.24, 2.45) is 0 Å². The molecule has 0 fully saturated rings. The van der Waals surface area contributed by atoms with Crippen molar-refractivity contribution in [1.29, 1.82) is 0 Å². The van der Waals surface area contributed by atoms with Gasteiger partial charge in [-0.15, -0.1) is 8.78 Å². The maximum atomic E-state index is 11.9. The number of pyridine rings is 1. The Balaban J connectivity index is 2.66. The van der Waals surface area contributed by atoms with E-state index in [1.807, 2.05) is 0 Å². The van der Waals surface area contributed by atoms with Crippen LogP contribution in [0.3, 0.4) is 0 Å². The summed E-state index contributed by atoms with van der Waals surface area (Å²) < 4.78 is 27.7. The molecular formula is C6H3ClF2NO. The van der Waals surface area contributed by atoms with E-state index < -0.39 is 5.57 Å². The van der Waals surface area contributed by atoms with E-state index in [0.717, 1.165) is 0 Å². The van der Waals surface area contributed by atoms with Gasteiger partial charge < -0.3 is 4.74 Å². The summed E-state index contributed by atoms with van der Waals surface area (Å²) in [6.45, 7) is 0. The molecule has 11 heavy (non-hydrogen) atoms. The Morgan fingerprint density at radius 2 is 2.36 bits per heavy atom. The fraction of sp³-hybridized carbons (Fsp3) is 0.167. The van der Waals surface area contributed by atoms with E-state index in [9.17, 15) is 8.78 Å². The number of halogens is 3. The summed E-state index contributed by atoms with van der Waals surface area (Å²) in [6, 6.07) is 2.72. The summed E-state index contributed by atoms with van der Waals surface area (Å²) in [5.74, 6) is -0.187. The van der Waals surface area contributed by atoms with Gasteiger partial charge >= 0.3 is 5.57 Å². The molecule has 1 aromatic rings. The zero-order valence-corrected chi connectivity index (χ0v) is 5.98. The fourth-order valence-electron chi connectivity index (χ4n) is 0.493. The van der Waals surface area contributed by atoms with E-state index in [1.165, 1.54) is 18.3 Å². The van der Waals surface area contributed by atoms with E-state index in [-0.39, 0.29) is 5.75 Å². The second kappa shape index (κ2) is 3.00. The number of hydrogen-bond acceptors (Lipinski definition) is 2. The van der Waals surface area contributed by atoms with Gasteiger partial charge in [0.2, 0.25) is 0 Å². The first-order valence-corrected chi connectivity index (χ1v) is 3.04. The van der Waals surface area contributed by atoms with Gasteiger partial charge in [-0.1, -0.05) is 0 Å². The predicted octanol–water partition coefficient (Wildman–Crippen LogP) is 2.05. The largest absolute Gasteiger partial charge is 0.487 e. The fourth-order valence-corrected chi connectivity index (χ4v) is 0.576.